The fraction of sp³-hybridized carbons (Fsp3) is 0.500. The smallest absolute Gasteiger partial charge is 0.276 e. The van der Waals surface area contributed by atoms with Gasteiger partial charge in [0.1, 0.15) is 0 Å². The van der Waals surface area contributed by atoms with Crippen molar-refractivity contribution in [3.8, 4) is 5.69 Å². The number of para-hydroxylation sites is 1. The topological polar surface area (TPSA) is 59.2 Å². The van der Waals surface area contributed by atoms with Crippen LogP contribution in [0.15, 0.2) is 35.1 Å². The molecule has 0 aliphatic carbocycles. The number of aliphatic hydroxyl groups is 1. The number of aromatic nitrogens is 2. The lowest BCUT2D eigenvalue weighted by Gasteiger charge is -2.31. The molecule has 1 aliphatic rings. The number of hydrogen-bond donors (Lipinski definition) is 2. The van der Waals surface area contributed by atoms with Gasteiger partial charge in [-0.2, -0.15) is 11.8 Å². The van der Waals surface area contributed by atoms with Crippen molar-refractivity contribution in [3.05, 3.63) is 51.9 Å². The van der Waals surface area contributed by atoms with Gasteiger partial charge in [-0.25, -0.2) is 4.68 Å². The van der Waals surface area contributed by atoms with E-state index in [9.17, 15) is 9.90 Å². The van der Waals surface area contributed by atoms with Crippen LogP contribution < -0.4 is 10.9 Å². The second-order valence-electron chi connectivity index (χ2n) is 6.48. The number of thioether (sulfide) groups is 1. The largest absolute Gasteiger partial charge is 0.389 e. The van der Waals surface area contributed by atoms with Crippen LogP contribution in [0, 0.1) is 6.92 Å². The summed E-state index contributed by atoms with van der Waals surface area (Å²) in [6.07, 6.45) is 1.62. The first-order valence-electron chi connectivity index (χ1n) is 8.36. The SMILES string of the molecule is Cc1c(CNCC2(O)CCSCC2)c(=O)n(-c2ccccc2)n1C. The molecule has 0 saturated carbocycles. The molecule has 1 saturated heterocycles. The van der Waals surface area contributed by atoms with Gasteiger partial charge < -0.3 is 10.4 Å². The van der Waals surface area contributed by atoms with E-state index >= 15 is 0 Å². The summed E-state index contributed by atoms with van der Waals surface area (Å²) in [5, 5.41) is 13.9. The number of nitrogens with one attached hydrogen (secondary N) is 1. The maximum atomic E-state index is 12.8. The molecular formula is C18H25N3O2S. The van der Waals surface area contributed by atoms with Crippen LogP contribution in [0.3, 0.4) is 0 Å². The quantitative estimate of drug-likeness (QED) is 0.866. The average molecular weight is 347 g/mol. The van der Waals surface area contributed by atoms with Crippen molar-refractivity contribution < 1.29 is 5.11 Å². The van der Waals surface area contributed by atoms with Crippen molar-refractivity contribution in [2.75, 3.05) is 18.1 Å². The molecule has 24 heavy (non-hydrogen) atoms. The molecule has 0 amide bonds. The van der Waals surface area contributed by atoms with Gasteiger partial charge in [0.15, 0.2) is 0 Å². The zero-order valence-electron chi connectivity index (χ0n) is 14.3. The van der Waals surface area contributed by atoms with Crippen molar-refractivity contribution >= 4 is 11.8 Å². The molecule has 1 fully saturated rings. The van der Waals surface area contributed by atoms with E-state index in [-0.39, 0.29) is 5.56 Å². The van der Waals surface area contributed by atoms with E-state index in [1.807, 2.05) is 60.7 Å². The van der Waals surface area contributed by atoms with Crippen molar-refractivity contribution in [1.82, 2.24) is 14.7 Å². The molecule has 0 bridgehead atoms. The molecule has 1 aliphatic heterocycles. The monoisotopic (exact) mass is 347 g/mol. The van der Waals surface area contributed by atoms with E-state index in [0.717, 1.165) is 41.3 Å². The molecule has 2 aromatic rings. The van der Waals surface area contributed by atoms with Crippen LogP contribution in [0.1, 0.15) is 24.1 Å². The van der Waals surface area contributed by atoms with Crippen LogP contribution in [0.25, 0.3) is 5.69 Å². The van der Waals surface area contributed by atoms with Crippen molar-refractivity contribution in [3.63, 3.8) is 0 Å². The van der Waals surface area contributed by atoms with E-state index < -0.39 is 5.60 Å². The summed E-state index contributed by atoms with van der Waals surface area (Å²) in [6, 6.07) is 9.66. The maximum absolute atomic E-state index is 12.8. The van der Waals surface area contributed by atoms with Gasteiger partial charge in [0.25, 0.3) is 5.56 Å². The van der Waals surface area contributed by atoms with Gasteiger partial charge in [-0.15, -0.1) is 0 Å². The second kappa shape index (κ2) is 7.17. The van der Waals surface area contributed by atoms with Crippen molar-refractivity contribution in [2.24, 2.45) is 7.05 Å². The second-order valence-corrected chi connectivity index (χ2v) is 7.71. The molecule has 5 nitrogen and oxygen atoms in total. The Labute approximate surface area is 146 Å². The molecular weight excluding hydrogens is 322 g/mol. The van der Waals surface area contributed by atoms with Gasteiger partial charge in [-0.3, -0.25) is 9.48 Å². The molecule has 6 heteroatoms. The highest BCUT2D eigenvalue weighted by Gasteiger charge is 2.29. The normalized spacial score (nSPS) is 17.1. The molecule has 0 radical (unpaired) electrons. The molecule has 1 aromatic carbocycles. The minimum absolute atomic E-state index is 0.000102. The number of rotatable bonds is 5. The van der Waals surface area contributed by atoms with Gasteiger partial charge in [0.2, 0.25) is 0 Å². The predicted octanol–water partition coefficient (Wildman–Crippen LogP) is 1.83. The number of hydrogen-bond acceptors (Lipinski definition) is 4. The van der Waals surface area contributed by atoms with E-state index in [0.29, 0.717) is 13.1 Å². The number of nitrogens with zero attached hydrogens (tertiary/aromatic N) is 2. The van der Waals surface area contributed by atoms with Crippen LogP contribution in [0.5, 0.6) is 0 Å². The molecule has 3 rings (SSSR count). The highest BCUT2D eigenvalue weighted by atomic mass is 32.2. The first-order valence-corrected chi connectivity index (χ1v) is 9.51. The summed E-state index contributed by atoms with van der Waals surface area (Å²) in [5.74, 6) is 2.01. The summed E-state index contributed by atoms with van der Waals surface area (Å²) < 4.78 is 3.58. The first kappa shape index (κ1) is 17.3. The lowest BCUT2D eigenvalue weighted by Crippen LogP contribution is -2.43. The summed E-state index contributed by atoms with van der Waals surface area (Å²) >= 11 is 1.89. The van der Waals surface area contributed by atoms with Crippen LogP contribution in [0.4, 0.5) is 0 Å². The Morgan fingerprint density at radius 1 is 1.25 bits per heavy atom. The summed E-state index contributed by atoms with van der Waals surface area (Å²) in [7, 11) is 1.90. The number of benzene rings is 1. The molecule has 2 heterocycles. The van der Waals surface area contributed by atoms with E-state index in [1.54, 1.807) is 4.68 Å². The summed E-state index contributed by atoms with van der Waals surface area (Å²) in [6.45, 7) is 2.98. The highest BCUT2D eigenvalue weighted by molar-refractivity contribution is 7.99. The van der Waals surface area contributed by atoms with Gasteiger partial charge in [-0.05, 0) is 43.4 Å². The lowest BCUT2D eigenvalue weighted by atomic mass is 9.97. The first-order chi connectivity index (χ1) is 11.5. The van der Waals surface area contributed by atoms with E-state index in [4.69, 9.17) is 0 Å². The Balaban J connectivity index is 1.76. The maximum Gasteiger partial charge on any atom is 0.276 e. The summed E-state index contributed by atoms with van der Waals surface area (Å²) in [4.78, 5) is 12.8. The Hall–Kier alpha value is -1.50. The molecule has 130 valence electrons. The Bertz CT molecular complexity index is 746. The molecule has 0 unspecified atom stereocenters. The van der Waals surface area contributed by atoms with Crippen LogP contribution in [0.2, 0.25) is 0 Å². The van der Waals surface area contributed by atoms with Crippen LogP contribution >= 0.6 is 11.8 Å². The van der Waals surface area contributed by atoms with E-state index in [1.165, 1.54) is 0 Å². The van der Waals surface area contributed by atoms with Gasteiger partial charge in [0.05, 0.1) is 16.9 Å². The molecule has 0 spiro atoms. The third-order valence-corrected chi connectivity index (χ3v) is 5.84. The van der Waals surface area contributed by atoms with Gasteiger partial charge in [-0.1, -0.05) is 18.2 Å². The molecule has 1 aromatic heterocycles. The Kier molecular flexibility index (Phi) is 5.18. The Morgan fingerprint density at radius 2 is 1.92 bits per heavy atom. The summed E-state index contributed by atoms with van der Waals surface area (Å²) in [5.41, 5.74) is 1.94. The minimum atomic E-state index is -0.633. The highest BCUT2D eigenvalue weighted by Crippen LogP contribution is 2.26. The van der Waals surface area contributed by atoms with Crippen LogP contribution in [-0.2, 0) is 13.6 Å². The van der Waals surface area contributed by atoms with Crippen molar-refractivity contribution in [1.29, 1.82) is 0 Å². The zero-order chi connectivity index (χ0) is 17.2. The van der Waals surface area contributed by atoms with Crippen LogP contribution in [-0.4, -0.2) is 38.1 Å². The average Bonchev–Trinajstić information content (AvgIpc) is 2.79. The lowest BCUT2D eigenvalue weighted by molar-refractivity contribution is 0.0320. The third-order valence-electron chi connectivity index (χ3n) is 4.85. The fourth-order valence-electron chi connectivity index (χ4n) is 3.18. The molecule has 2 N–H and O–H groups in total. The van der Waals surface area contributed by atoms with E-state index in [2.05, 4.69) is 5.32 Å². The van der Waals surface area contributed by atoms with Gasteiger partial charge >= 0.3 is 0 Å². The molecule has 0 atom stereocenters. The Morgan fingerprint density at radius 3 is 2.58 bits per heavy atom. The standard InChI is InChI=1S/C18H25N3O2S/c1-14-16(12-19-13-18(23)8-10-24-11-9-18)17(22)21(20(14)2)15-6-4-3-5-7-15/h3-7,19,23H,8-13H2,1-2H3. The van der Waals surface area contributed by atoms with Gasteiger partial charge in [0, 0.05) is 25.8 Å². The predicted molar refractivity (Wildman–Crippen MR) is 99.0 cm³/mol. The third kappa shape index (κ3) is 3.45. The minimum Gasteiger partial charge on any atom is -0.389 e. The fourth-order valence-corrected chi connectivity index (χ4v) is 4.43. The zero-order valence-corrected chi connectivity index (χ0v) is 15.1. The van der Waals surface area contributed by atoms with Crippen molar-refractivity contribution in [2.45, 2.75) is 31.9 Å².